The van der Waals surface area contributed by atoms with Crippen molar-refractivity contribution in [2.24, 2.45) is 0 Å². The Morgan fingerprint density at radius 1 is 1.33 bits per heavy atom. The highest BCUT2D eigenvalue weighted by molar-refractivity contribution is 5.62. The maximum Gasteiger partial charge on any atom is 0.144 e. The number of aliphatic hydroxyl groups excluding tert-OH is 1. The van der Waals surface area contributed by atoms with E-state index in [1.54, 1.807) is 7.11 Å². The van der Waals surface area contributed by atoms with Gasteiger partial charge in [-0.25, -0.2) is 0 Å². The molecule has 18 heavy (non-hydrogen) atoms. The molecule has 0 aliphatic rings. The van der Waals surface area contributed by atoms with Crippen LogP contribution in [0.1, 0.15) is 6.92 Å². The minimum absolute atomic E-state index is 0.0953. The maximum absolute atomic E-state index is 9.09. The fraction of sp³-hybridized carbons (Fsp3) is 0.538. The van der Waals surface area contributed by atoms with Crippen molar-refractivity contribution in [1.29, 1.82) is 0 Å². The van der Waals surface area contributed by atoms with Crippen molar-refractivity contribution in [2.45, 2.75) is 6.92 Å². The minimum atomic E-state index is 0.0953. The van der Waals surface area contributed by atoms with Crippen LogP contribution < -0.4 is 15.4 Å². The lowest BCUT2D eigenvalue weighted by atomic mass is 10.2. The zero-order valence-corrected chi connectivity index (χ0v) is 11.1. The van der Waals surface area contributed by atoms with Crippen LogP contribution in [0.4, 0.5) is 11.4 Å². The van der Waals surface area contributed by atoms with Gasteiger partial charge in [-0.05, 0) is 19.1 Å². The molecule has 102 valence electrons. The van der Waals surface area contributed by atoms with Gasteiger partial charge in [0.15, 0.2) is 0 Å². The summed E-state index contributed by atoms with van der Waals surface area (Å²) < 4.78 is 10.5. The lowest BCUT2D eigenvalue weighted by molar-refractivity contribution is 0.203. The topological polar surface area (TPSA) is 68.0 Å². The molecule has 0 saturated heterocycles. The van der Waals surface area contributed by atoms with Crippen molar-refractivity contribution in [3.05, 3.63) is 18.2 Å². The van der Waals surface area contributed by atoms with Crippen LogP contribution in [0.2, 0.25) is 0 Å². The average molecular weight is 254 g/mol. The fourth-order valence-electron chi connectivity index (χ4n) is 1.69. The lowest BCUT2D eigenvalue weighted by Crippen LogP contribution is -2.30. The lowest BCUT2D eigenvalue weighted by Gasteiger charge is -2.24. The van der Waals surface area contributed by atoms with Crippen molar-refractivity contribution in [2.75, 3.05) is 50.7 Å². The summed E-state index contributed by atoms with van der Waals surface area (Å²) >= 11 is 0. The molecule has 0 aliphatic heterocycles. The molecule has 1 aromatic rings. The summed E-state index contributed by atoms with van der Waals surface area (Å²) in [6, 6.07) is 5.63. The molecule has 0 atom stereocenters. The van der Waals surface area contributed by atoms with Gasteiger partial charge in [0.25, 0.3) is 0 Å². The summed E-state index contributed by atoms with van der Waals surface area (Å²) in [5.74, 6) is 0.676. The number of hydrogen-bond donors (Lipinski definition) is 2. The van der Waals surface area contributed by atoms with Crippen LogP contribution in [0, 0.1) is 0 Å². The molecule has 0 fully saturated rings. The monoisotopic (exact) mass is 254 g/mol. The van der Waals surface area contributed by atoms with Gasteiger partial charge >= 0.3 is 0 Å². The third kappa shape index (κ3) is 4.09. The maximum atomic E-state index is 9.09. The average Bonchev–Trinajstić information content (AvgIpc) is 2.37. The van der Waals surface area contributed by atoms with Crippen molar-refractivity contribution < 1.29 is 14.6 Å². The Bertz CT molecular complexity index is 358. The Balaban J connectivity index is 2.85. The second kappa shape index (κ2) is 7.79. The predicted octanol–water partition coefficient (Wildman–Crippen LogP) is 1.11. The van der Waals surface area contributed by atoms with Crippen molar-refractivity contribution >= 4 is 11.4 Å². The number of ether oxygens (including phenoxy) is 2. The van der Waals surface area contributed by atoms with E-state index in [-0.39, 0.29) is 6.61 Å². The van der Waals surface area contributed by atoms with Gasteiger partial charge in [0.2, 0.25) is 0 Å². The third-order valence-corrected chi connectivity index (χ3v) is 2.60. The molecule has 0 saturated carbocycles. The van der Waals surface area contributed by atoms with E-state index in [2.05, 4.69) is 0 Å². The number of anilines is 2. The summed E-state index contributed by atoms with van der Waals surface area (Å²) in [6.07, 6.45) is 0. The van der Waals surface area contributed by atoms with Crippen LogP contribution in [-0.4, -0.2) is 45.1 Å². The van der Waals surface area contributed by atoms with Gasteiger partial charge in [0.1, 0.15) is 5.75 Å². The number of nitrogen functional groups attached to an aromatic ring is 1. The normalized spacial score (nSPS) is 10.4. The Labute approximate surface area is 108 Å². The van der Waals surface area contributed by atoms with E-state index in [1.807, 2.05) is 30.0 Å². The van der Waals surface area contributed by atoms with E-state index in [0.717, 1.165) is 5.69 Å². The Kier molecular flexibility index (Phi) is 6.32. The molecule has 0 unspecified atom stereocenters. The summed E-state index contributed by atoms with van der Waals surface area (Å²) in [5, 5.41) is 9.09. The zero-order valence-electron chi connectivity index (χ0n) is 11.1. The van der Waals surface area contributed by atoms with Gasteiger partial charge in [-0.3, -0.25) is 0 Å². The van der Waals surface area contributed by atoms with E-state index >= 15 is 0 Å². The first kappa shape index (κ1) is 14.6. The molecule has 0 amide bonds. The van der Waals surface area contributed by atoms with E-state index in [4.69, 9.17) is 20.3 Å². The molecule has 5 nitrogen and oxygen atoms in total. The predicted molar refractivity (Wildman–Crippen MR) is 73.2 cm³/mol. The van der Waals surface area contributed by atoms with Crippen molar-refractivity contribution in [3.8, 4) is 5.75 Å². The van der Waals surface area contributed by atoms with Gasteiger partial charge in [-0.15, -0.1) is 0 Å². The molecule has 0 heterocycles. The Morgan fingerprint density at radius 2 is 2.11 bits per heavy atom. The first-order valence-electron chi connectivity index (χ1n) is 6.10. The van der Waals surface area contributed by atoms with E-state index in [1.165, 1.54) is 0 Å². The smallest absolute Gasteiger partial charge is 0.144 e. The van der Waals surface area contributed by atoms with Crippen molar-refractivity contribution in [1.82, 2.24) is 0 Å². The highest BCUT2D eigenvalue weighted by Crippen LogP contribution is 2.27. The number of aliphatic hydroxyl groups is 1. The summed E-state index contributed by atoms with van der Waals surface area (Å²) in [5.41, 5.74) is 7.42. The van der Waals surface area contributed by atoms with Gasteiger partial charge in [-0.2, -0.15) is 0 Å². The largest absolute Gasteiger partial charge is 0.492 e. The third-order valence-electron chi connectivity index (χ3n) is 2.60. The van der Waals surface area contributed by atoms with Crippen LogP contribution in [0.5, 0.6) is 5.75 Å². The number of hydrogen-bond acceptors (Lipinski definition) is 5. The van der Waals surface area contributed by atoms with E-state index in [0.29, 0.717) is 37.7 Å². The number of benzene rings is 1. The SMILES string of the molecule is CCOc1cc(N(CCO)CCOC)ccc1N. The standard InChI is InChI=1S/C13H22N2O3/c1-3-18-13-10-11(4-5-12(13)14)15(6-8-16)7-9-17-2/h4-5,10,16H,3,6-9,14H2,1-2H3. The Hall–Kier alpha value is -1.46. The number of nitrogens with two attached hydrogens (primary N) is 1. The fourth-order valence-corrected chi connectivity index (χ4v) is 1.69. The molecule has 3 N–H and O–H groups in total. The van der Waals surface area contributed by atoms with Crippen LogP contribution in [0.15, 0.2) is 18.2 Å². The molecule has 1 rings (SSSR count). The molecular formula is C13H22N2O3. The second-order valence-corrected chi connectivity index (χ2v) is 3.86. The first-order chi connectivity index (χ1) is 8.72. The highest BCUT2D eigenvalue weighted by atomic mass is 16.5. The van der Waals surface area contributed by atoms with Gasteiger partial charge in [0, 0.05) is 32.0 Å². The van der Waals surface area contributed by atoms with Gasteiger partial charge < -0.3 is 25.2 Å². The van der Waals surface area contributed by atoms with Crippen LogP contribution in [-0.2, 0) is 4.74 Å². The zero-order chi connectivity index (χ0) is 13.4. The summed E-state index contributed by atoms with van der Waals surface area (Å²) in [4.78, 5) is 2.03. The van der Waals surface area contributed by atoms with Crippen LogP contribution in [0.3, 0.4) is 0 Å². The number of rotatable bonds is 8. The molecule has 0 aliphatic carbocycles. The van der Waals surface area contributed by atoms with Crippen molar-refractivity contribution in [3.63, 3.8) is 0 Å². The van der Waals surface area contributed by atoms with E-state index in [9.17, 15) is 0 Å². The van der Waals surface area contributed by atoms with Crippen LogP contribution in [0.25, 0.3) is 0 Å². The van der Waals surface area contributed by atoms with Gasteiger partial charge in [-0.1, -0.05) is 0 Å². The van der Waals surface area contributed by atoms with Crippen LogP contribution >= 0.6 is 0 Å². The molecule has 5 heteroatoms. The summed E-state index contributed by atoms with van der Waals surface area (Å²) in [6.45, 7) is 4.46. The second-order valence-electron chi connectivity index (χ2n) is 3.86. The molecule has 1 aromatic carbocycles. The Morgan fingerprint density at radius 3 is 2.72 bits per heavy atom. The summed E-state index contributed by atoms with van der Waals surface area (Å²) in [7, 11) is 1.66. The molecule has 0 aromatic heterocycles. The molecule has 0 radical (unpaired) electrons. The molecular weight excluding hydrogens is 232 g/mol. The highest BCUT2D eigenvalue weighted by Gasteiger charge is 2.09. The number of methoxy groups -OCH3 is 1. The first-order valence-corrected chi connectivity index (χ1v) is 6.10. The quantitative estimate of drug-likeness (QED) is 0.680. The molecule has 0 bridgehead atoms. The number of nitrogens with zero attached hydrogens (tertiary/aromatic N) is 1. The van der Waals surface area contributed by atoms with E-state index < -0.39 is 0 Å². The van der Waals surface area contributed by atoms with Gasteiger partial charge in [0.05, 0.1) is 25.5 Å². The minimum Gasteiger partial charge on any atom is -0.492 e. The molecule has 0 spiro atoms.